The summed E-state index contributed by atoms with van der Waals surface area (Å²) in [4.78, 5) is 31.8. The van der Waals surface area contributed by atoms with Crippen LogP contribution in [0.4, 0.5) is 0 Å². The predicted octanol–water partition coefficient (Wildman–Crippen LogP) is 9.63. The second-order valence-corrected chi connectivity index (χ2v) is 41.7. The van der Waals surface area contributed by atoms with Crippen molar-refractivity contribution in [1.29, 1.82) is 0 Å². The number of carbonyl (C=O) groups is 3. The smallest absolute Gasteiger partial charge is 0.306 e. The van der Waals surface area contributed by atoms with Gasteiger partial charge in [-0.25, -0.2) is 0 Å². The SMILES string of the molecule is C#CCC#CCC#CCCC(=O)OC.C#CCCC(=O)OC.C#C[Si](C)(C)C.CCC#CCC#C[Si](C)(C)C.COC(=O)CCC#CCC#CCC#C[Si](C)(C)C.C[Si](C)(C)C#CCC#CCO.Cc1ccc(S(=O)(=O)OCC#CCO)cc1.OCC#CCO. The maximum Gasteiger partial charge on any atom is 0.306 e. The molecule has 0 unspecified atom stereocenters. The van der Waals surface area contributed by atoms with E-state index < -0.39 is 42.4 Å². The average molecular weight is 1320 g/mol. The molecule has 0 saturated heterocycles. The molecule has 0 aromatic heterocycles. The van der Waals surface area contributed by atoms with Gasteiger partial charge in [0, 0.05) is 25.7 Å². The molecule has 4 N–H and O–H groups in total. The van der Waals surface area contributed by atoms with Crippen LogP contribution < -0.4 is 0 Å². The number of benzene rings is 1. The first-order valence-corrected chi connectivity index (χ1v) is 43.7. The number of aliphatic hydroxyl groups excluding tert-OH is 4. The van der Waals surface area contributed by atoms with Crippen molar-refractivity contribution in [2.24, 2.45) is 0 Å². The van der Waals surface area contributed by atoms with Gasteiger partial charge in [0.1, 0.15) is 65.3 Å². The molecule has 1 rings (SSSR count). The Morgan fingerprint density at radius 1 is 0.422 bits per heavy atom. The number of methoxy groups -OCH3 is 3. The number of rotatable bonds is 9. The lowest BCUT2D eigenvalue weighted by Crippen LogP contribution is -2.16. The van der Waals surface area contributed by atoms with Crippen LogP contribution in [-0.4, -0.2) is 133 Å². The van der Waals surface area contributed by atoms with Crippen LogP contribution in [0.1, 0.15) is 96.0 Å². The molecule has 0 bridgehead atoms. The number of aryl methyl sites for hydroxylation is 1. The van der Waals surface area contributed by atoms with Crippen LogP contribution in [0.3, 0.4) is 0 Å². The van der Waals surface area contributed by atoms with Crippen molar-refractivity contribution >= 4 is 60.3 Å². The highest BCUT2D eigenvalue weighted by molar-refractivity contribution is 7.86. The number of hydrogen-bond acceptors (Lipinski definition) is 13. The van der Waals surface area contributed by atoms with Gasteiger partial charge < -0.3 is 34.6 Å². The Hall–Kier alpha value is -7.91. The van der Waals surface area contributed by atoms with E-state index in [1.165, 1.54) is 33.5 Å². The van der Waals surface area contributed by atoms with Crippen molar-refractivity contribution in [1.82, 2.24) is 0 Å². The van der Waals surface area contributed by atoms with Gasteiger partial charge in [0.15, 0.2) is 0 Å². The minimum Gasteiger partial charge on any atom is -0.469 e. The summed E-state index contributed by atoms with van der Waals surface area (Å²) < 4.78 is 41.0. The highest BCUT2D eigenvalue weighted by Gasteiger charge is 2.14. The number of aliphatic hydroxyl groups is 4. The lowest BCUT2D eigenvalue weighted by Gasteiger charge is -2.02. The molecule has 1 aromatic carbocycles. The van der Waals surface area contributed by atoms with Crippen molar-refractivity contribution in [2.75, 3.05) is 54.4 Å². The van der Waals surface area contributed by atoms with Crippen LogP contribution in [0.25, 0.3) is 0 Å². The summed E-state index contributed by atoms with van der Waals surface area (Å²) >= 11 is 0. The summed E-state index contributed by atoms with van der Waals surface area (Å²) in [5.41, 5.74) is 13.4. The molecule has 0 spiro atoms. The zero-order valence-electron chi connectivity index (χ0n) is 56.6. The highest BCUT2D eigenvalue weighted by Crippen LogP contribution is 2.12. The normalized spacial score (nSPS) is 8.78. The minimum absolute atomic E-state index is 0.0609. The van der Waals surface area contributed by atoms with E-state index in [0.717, 1.165) is 18.4 Å². The second kappa shape index (κ2) is 67.0. The van der Waals surface area contributed by atoms with E-state index in [2.05, 4.69) is 250 Å². The first-order chi connectivity index (χ1) is 42.2. The fraction of sp³-hybridized carbons (Fsp3) is 0.486. The molecule has 18 heteroatoms. The van der Waals surface area contributed by atoms with Gasteiger partial charge in [-0.15, -0.1) is 65.1 Å². The van der Waals surface area contributed by atoms with Crippen LogP contribution in [0.15, 0.2) is 29.2 Å². The third-order valence-corrected chi connectivity index (χ3v) is 13.0. The van der Waals surface area contributed by atoms with Gasteiger partial charge in [-0.2, -0.15) is 8.42 Å². The third kappa shape index (κ3) is 99.1. The Labute approximate surface area is 549 Å². The van der Waals surface area contributed by atoms with Crippen molar-refractivity contribution < 1.29 is 61.6 Å². The summed E-state index contributed by atoms with van der Waals surface area (Å²) in [6, 6.07) is 6.33. The molecule has 13 nitrogen and oxygen atoms in total. The number of esters is 3. The Morgan fingerprint density at radius 3 is 1.03 bits per heavy atom. The van der Waals surface area contributed by atoms with Gasteiger partial charge in [0.25, 0.3) is 10.1 Å². The van der Waals surface area contributed by atoms with E-state index in [0.29, 0.717) is 70.6 Å². The molecule has 0 aliphatic heterocycles. The number of hydrogen-bond donors (Lipinski definition) is 4. The fourth-order valence-corrected chi connectivity index (χ4v) is 6.64. The summed E-state index contributed by atoms with van der Waals surface area (Å²) in [5.74, 6) is 56.6. The molecule has 0 atom stereocenters. The average Bonchev–Trinajstić information content (AvgIpc) is 1.23. The number of carbonyl (C=O) groups excluding carboxylic acids is 3. The van der Waals surface area contributed by atoms with E-state index in [9.17, 15) is 22.8 Å². The maximum atomic E-state index is 11.6. The zero-order valence-corrected chi connectivity index (χ0v) is 61.5. The van der Waals surface area contributed by atoms with E-state index in [-0.39, 0.29) is 55.8 Å². The Balaban J connectivity index is -0.000000179. The Morgan fingerprint density at radius 2 is 0.722 bits per heavy atom. The number of terminal acetylenes is 3. The summed E-state index contributed by atoms with van der Waals surface area (Å²) in [6.07, 6.45) is 21.9. The minimum atomic E-state index is -3.74. The van der Waals surface area contributed by atoms with E-state index in [1.807, 2.05) is 6.92 Å². The van der Waals surface area contributed by atoms with Crippen LogP contribution in [0, 0.1) is 173 Å². The van der Waals surface area contributed by atoms with Crippen LogP contribution in [0.2, 0.25) is 78.6 Å². The molecular formula is C72H98O13SSi4. The van der Waals surface area contributed by atoms with Crippen molar-refractivity contribution in [3.05, 3.63) is 29.8 Å². The first-order valence-electron chi connectivity index (χ1n) is 28.3. The predicted molar refractivity (Wildman–Crippen MR) is 380 cm³/mol. The third-order valence-electron chi connectivity index (χ3n) is 8.05. The molecule has 0 aliphatic carbocycles. The van der Waals surface area contributed by atoms with Gasteiger partial charge in [-0.05, 0) is 19.1 Å². The molecule has 0 radical (unpaired) electrons. The molecule has 0 aliphatic rings. The van der Waals surface area contributed by atoms with Crippen molar-refractivity contribution in [3.63, 3.8) is 0 Å². The molecule has 90 heavy (non-hydrogen) atoms. The molecule has 0 saturated carbocycles. The van der Waals surface area contributed by atoms with Gasteiger partial charge in [-0.3, -0.25) is 18.6 Å². The molecule has 0 amide bonds. The van der Waals surface area contributed by atoms with E-state index in [1.54, 1.807) is 12.1 Å². The van der Waals surface area contributed by atoms with Gasteiger partial charge in [-0.1, -0.05) is 204 Å². The fourth-order valence-electron chi connectivity index (χ4n) is 3.97. The summed E-state index contributed by atoms with van der Waals surface area (Å²) in [6.45, 7) is 29.3. The Kier molecular flexibility index (Phi) is 71.3. The highest BCUT2D eigenvalue weighted by atomic mass is 32.2. The standard InChI is InChI=1S/C15H20O2Si.C12H12O2.C11H12O4S.C10H16Si.C9H14OSi.C6H8O2.C5H10Si.C4H6O2/c1-17-15(16)13-11-9-7-5-6-8-10-12-14-18(2,3)4;1-3-4-5-6-7-8-9-10-11-12(13)14-2;1-10-4-6-11(7-5-10)16(13,14)15-9-3-2-8-12;1-5-6-7-8-9-10-11(2,3)4;1-11(2,3)9-7-5-4-6-8-10;1-3-4-5-6(7)8-2;1-5-6(2,3)4;5-3-1-2-4-6/h5,10-11,13H2,1-4H3;1H,4,7,10-11H2,2H3;4-7,12H,8-9H2,1H3;5,8H2,1-4H3;10H,5,8H2,1-3H3;1H,4-5H2,2H3;1H,2-4H3;5-6H,3-4H2. The summed E-state index contributed by atoms with van der Waals surface area (Å²) in [7, 11) is -4.37. The zero-order chi connectivity index (χ0) is 70.4. The van der Waals surface area contributed by atoms with Crippen molar-refractivity contribution in [2.45, 2.75) is 181 Å². The Bertz CT molecular complexity index is 3110. The molecular weight excluding hydrogens is 1220 g/mol. The lowest BCUT2D eigenvalue weighted by molar-refractivity contribution is -0.141. The maximum absolute atomic E-state index is 11.6. The lowest BCUT2D eigenvalue weighted by atomic mass is 10.2. The van der Waals surface area contributed by atoms with Crippen molar-refractivity contribution in [3.8, 4) is 166 Å². The monoisotopic (exact) mass is 1310 g/mol. The molecule has 0 fully saturated rings. The van der Waals surface area contributed by atoms with Crippen LogP contribution in [0.5, 0.6) is 0 Å². The van der Waals surface area contributed by atoms with Gasteiger partial charge in [0.05, 0.1) is 84.0 Å². The first kappa shape index (κ1) is 95.7. The largest absolute Gasteiger partial charge is 0.469 e. The number of ether oxygens (including phenoxy) is 3. The topological polar surface area (TPSA) is 203 Å². The quantitative estimate of drug-likeness (QED) is 0.0599. The molecule has 1 aromatic rings. The summed E-state index contributed by atoms with van der Waals surface area (Å²) in [5, 5.41) is 32.5. The molecule has 486 valence electrons. The van der Waals surface area contributed by atoms with Gasteiger partial charge in [0.2, 0.25) is 0 Å². The second-order valence-electron chi connectivity index (χ2n) is 21.1. The van der Waals surface area contributed by atoms with E-state index >= 15 is 0 Å². The van der Waals surface area contributed by atoms with Crippen LogP contribution in [-0.2, 0) is 42.9 Å². The van der Waals surface area contributed by atoms with Gasteiger partial charge >= 0.3 is 17.9 Å². The van der Waals surface area contributed by atoms with Crippen LogP contribution >= 0.6 is 0 Å². The van der Waals surface area contributed by atoms with E-state index in [4.69, 9.17) is 39.7 Å². The molecule has 0 heterocycles.